The fourth-order valence-corrected chi connectivity index (χ4v) is 9.35. The quantitative estimate of drug-likeness (QED) is 0.121. The summed E-state index contributed by atoms with van der Waals surface area (Å²) in [6.07, 6.45) is -2.80. The molecule has 11 heteroatoms. The van der Waals surface area contributed by atoms with Crippen LogP contribution in [0.25, 0.3) is 0 Å². The molecule has 0 aliphatic heterocycles. The first-order valence-corrected chi connectivity index (χ1v) is 17.4. The Hall–Kier alpha value is -1.59. The maximum atomic E-state index is 16.3. The van der Waals surface area contributed by atoms with Crippen LogP contribution in [0.2, 0.25) is 0 Å². The summed E-state index contributed by atoms with van der Waals surface area (Å²) in [6, 6.07) is 5.11. The Morgan fingerprint density at radius 3 is 2.43 bits per heavy atom. The number of halogens is 6. The maximum absolute atomic E-state index is 16.3. The summed E-state index contributed by atoms with van der Waals surface area (Å²) < 4.78 is 91.1. The molecule has 8 atom stereocenters. The van der Waals surface area contributed by atoms with Gasteiger partial charge in [-0.15, -0.1) is 0 Å². The number of benzene rings is 1. The van der Waals surface area contributed by atoms with Crippen LogP contribution >= 0.6 is 0 Å². The number of aliphatic hydroxyl groups is 1. The van der Waals surface area contributed by atoms with E-state index < -0.39 is 48.0 Å². The van der Waals surface area contributed by atoms with Gasteiger partial charge in [-0.3, -0.25) is 4.21 Å². The number of aliphatic hydroxyl groups excluding tert-OH is 1. The fraction of sp³-hybridized carbons (Fsp3) is 0.758. The standard InChI is InChI=1S/C33H47F6NO3S/c1-21-28(42)20-27-29-24(12-14-31(21,27)2)23-11-10-22(41)19-26(23)30(34)25(29)9-5-4-6-15-40(3)16-8-18-44(43)17-7-13-32(35,36)33(37,38)39/h10-11,19,24-25,27-30,41-42H,1,4-9,12-18,20H2,2-3H3/t24?,25-,27?,28+,29?,30+,31+,44?/m0/s1. The van der Waals surface area contributed by atoms with Gasteiger partial charge in [0.1, 0.15) is 11.9 Å². The van der Waals surface area contributed by atoms with E-state index in [1.54, 1.807) is 12.1 Å². The lowest BCUT2D eigenvalue weighted by Gasteiger charge is -2.53. The summed E-state index contributed by atoms with van der Waals surface area (Å²) in [7, 11) is 0.488. The molecule has 0 spiro atoms. The molecule has 4 nitrogen and oxygen atoms in total. The predicted molar refractivity (Wildman–Crippen MR) is 161 cm³/mol. The highest BCUT2D eigenvalue weighted by molar-refractivity contribution is 7.84. The van der Waals surface area contributed by atoms with Crippen LogP contribution in [-0.2, 0) is 10.8 Å². The topological polar surface area (TPSA) is 60.8 Å². The van der Waals surface area contributed by atoms with Crippen LogP contribution in [-0.4, -0.2) is 69.2 Å². The van der Waals surface area contributed by atoms with Crippen LogP contribution < -0.4 is 0 Å². The minimum absolute atomic E-state index is 0.0730. The monoisotopic (exact) mass is 651 g/mol. The second-order valence-electron chi connectivity index (χ2n) is 13.6. The average Bonchev–Trinajstić information content (AvgIpc) is 3.17. The summed E-state index contributed by atoms with van der Waals surface area (Å²) in [5, 5.41) is 20.9. The molecule has 0 heterocycles. The van der Waals surface area contributed by atoms with Gasteiger partial charge in [0.2, 0.25) is 0 Å². The van der Waals surface area contributed by atoms with Crippen molar-refractivity contribution in [3.63, 3.8) is 0 Å². The van der Waals surface area contributed by atoms with Crippen molar-refractivity contribution >= 4 is 10.8 Å². The van der Waals surface area contributed by atoms with Gasteiger partial charge in [-0.25, -0.2) is 4.39 Å². The first-order valence-electron chi connectivity index (χ1n) is 15.9. The predicted octanol–water partition coefficient (Wildman–Crippen LogP) is 8.08. The van der Waals surface area contributed by atoms with E-state index in [-0.39, 0.29) is 46.3 Å². The molecule has 0 bridgehead atoms. The van der Waals surface area contributed by atoms with Gasteiger partial charge in [-0.2, -0.15) is 22.0 Å². The van der Waals surface area contributed by atoms with Crippen molar-refractivity contribution in [2.24, 2.45) is 23.2 Å². The van der Waals surface area contributed by atoms with E-state index >= 15 is 4.39 Å². The number of rotatable bonds is 14. The third-order valence-corrected chi connectivity index (χ3v) is 12.2. The minimum Gasteiger partial charge on any atom is -0.508 e. The molecule has 1 aromatic rings. The molecule has 4 unspecified atom stereocenters. The number of fused-ring (bicyclic) bond motifs is 5. The molecule has 44 heavy (non-hydrogen) atoms. The molecule has 4 rings (SSSR count). The van der Waals surface area contributed by atoms with Crippen LogP contribution in [0.1, 0.15) is 94.3 Å². The summed E-state index contributed by atoms with van der Waals surface area (Å²) in [5.41, 5.74) is 2.27. The van der Waals surface area contributed by atoms with E-state index in [2.05, 4.69) is 18.4 Å². The van der Waals surface area contributed by atoms with Crippen molar-refractivity contribution in [3.05, 3.63) is 41.5 Å². The third kappa shape index (κ3) is 7.51. The van der Waals surface area contributed by atoms with Gasteiger partial charge in [0, 0.05) is 28.7 Å². The molecular formula is C33H47F6NO3S. The van der Waals surface area contributed by atoms with Crippen molar-refractivity contribution in [2.45, 2.75) is 101 Å². The van der Waals surface area contributed by atoms with Gasteiger partial charge >= 0.3 is 12.1 Å². The summed E-state index contributed by atoms with van der Waals surface area (Å²) in [5.74, 6) is -4.36. The summed E-state index contributed by atoms with van der Waals surface area (Å²) in [4.78, 5) is 2.08. The minimum atomic E-state index is -5.58. The second-order valence-corrected chi connectivity index (χ2v) is 15.3. The number of unbranched alkanes of at least 4 members (excludes halogenated alkanes) is 2. The van der Waals surface area contributed by atoms with E-state index in [0.717, 1.165) is 49.8 Å². The van der Waals surface area contributed by atoms with Crippen LogP contribution in [0.4, 0.5) is 26.3 Å². The van der Waals surface area contributed by atoms with E-state index in [9.17, 15) is 36.4 Å². The molecule has 2 fully saturated rings. The molecule has 0 amide bonds. The van der Waals surface area contributed by atoms with Gasteiger partial charge < -0.3 is 15.1 Å². The highest BCUT2D eigenvalue weighted by atomic mass is 32.2. The number of phenols is 1. The van der Waals surface area contributed by atoms with Crippen molar-refractivity contribution in [3.8, 4) is 5.75 Å². The van der Waals surface area contributed by atoms with Crippen LogP contribution in [0.5, 0.6) is 5.75 Å². The zero-order valence-corrected chi connectivity index (χ0v) is 26.5. The molecule has 3 aliphatic carbocycles. The lowest BCUT2D eigenvalue weighted by molar-refractivity contribution is -0.284. The summed E-state index contributed by atoms with van der Waals surface area (Å²) in [6.45, 7) is 7.83. The molecule has 250 valence electrons. The first-order chi connectivity index (χ1) is 20.6. The normalized spacial score (nSPS) is 31.1. The van der Waals surface area contributed by atoms with E-state index in [0.29, 0.717) is 31.4 Å². The van der Waals surface area contributed by atoms with Gasteiger partial charge in [0.25, 0.3) is 0 Å². The average molecular weight is 652 g/mol. The molecular weight excluding hydrogens is 604 g/mol. The number of alkyl halides is 6. The molecule has 1 aromatic carbocycles. The Kier molecular flexibility index (Phi) is 11.3. The van der Waals surface area contributed by atoms with Crippen LogP contribution in [0.15, 0.2) is 30.4 Å². The Bertz CT molecular complexity index is 1180. The Labute approximate surface area is 259 Å². The van der Waals surface area contributed by atoms with E-state index in [1.807, 2.05) is 13.1 Å². The molecule has 2 N–H and O–H groups in total. The zero-order chi connectivity index (χ0) is 32.4. The number of hydrogen-bond acceptors (Lipinski definition) is 4. The molecule has 3 aliphatic rings. The maximum Gasteiger partial charge on any atom is 0.453 e. The number of aromatic hydroxyl groups is 1. The second kappa shape index (κ2) is 14.0. The van der Waals surface area contributed by atoms with Gasteiger partial charge in [0.15, 0.2) is 0 Å². The Morgan fingerprint density at radius 2 is 1.73 bits per heavy atom. The smallest absolute Gasteiger partial charge is 0.453 e. The van der Waals surface area contributed by atoms with Crippen molar-refractivity contribution < 1.29 is 40.8 Å². The zero-order valence-electron chi connectivity index (χ0n) is 25.7. The van der Waals surface area contributed by atoms with E-state index in [4.69, 9.17) is 0 Å². The largest absolute Gasteiger partial charge is 0.508 e. The van der Waals surface area contributed by atoms with Gasteiger partial charge in [0.05, 0.1) is 6.10 Å². The van der Waals surface area contributed by atoms with Crippen LogP contribution in [0, 0.1) is 23.2 Å². The summed E-state index contributed by atoms with van der Waals surface area (Å²) >= 11 is 0. The number of hydrogen-bond donors (Lipinski definition) is 2. The van der Waals surface area contributed by atoms with Gasteiger partial charge in [-0.1, -0.05) is 32.4 Å². The van der Waals surface area contributed by atoms with Crippen molar-refractivity contribution in [1.29, 1.82) is 0 Å². The Morgan fingerprint density at radius 1 is 1.05 bits per heavy atom. The lowest BCUT2D eigenvalue weighted by Crippen LogP contribution is -2.45. The lowest BCUT2D eigenvalue weighted by atomic mass is 9.51. The highest BCUT2D eigenvalue weighted by Crippen LogP contribution is 2.66. The van der Waals surface area contributed by atoms with E-state index in [1.165, 1.54) is 0 Å². The molecule has 0 aromatic heterocycles. The molecule has 0 radical (unpaired) electrons. The molecule has 0 saturated heterocycles. The third-order valence-electron chi connectivity index (χ3n) is 10.7. The number of phenolic OH excluding ortho intramolecular Hbond substituents is 1. The van der Waals surface area contributed by atoms with Crippen LogP contribution in [0.3, 0.4) is 0 Å². The fourth-order valence-electron chi connectivity index (χ4n) is 8.23. The molecule has 2 saturated carbocycles. The van der Waals surface area contributed by atoms with Crippen molar-refractivity contribution in [1.82, 2.24) is 4.90 Å². The Balaban J connectivity index is 1.23. The number of nitrogens with zero attached hydrogens (tertiary/aromatic N) is 1. The highest BCUT2D eigenvalue weighted by Gasteiger charge is 2.59. The first kappa shape index (κ1) is 35.3. The van der Waals surface area contributed by atoms with Crippen molar-refractivity contribution in [2.75, 3.05) is 31.6 Å². The van der Waals surface area contributed by atoms with Gasteiger partial charge in [-0.05, 0) is 123 Å². The SMILES string of the molecule is C=C1[C@H](O)CC2C3C(CC[C@]12C)c1ccc(O)cc1[C@H](F)[C@H]3CCCCCN(C)CCCS(=O)CCCC(F)(F)C(F)(F)F.